The minimum absolute atomic E-state index is 0.0617. The van der Waals surface area contributed by atoms with Gasteiger partial charge in [-0.15, -0.1) is 0 Å². The van der Waals surface area contributed by atoms with Crippen molar-refractivity contribution in [2.45, 2.75) is 25.0 Å². The van der Waals surface area contributed by atoms with Crippen molar-refractivity contribution in [2.75, 3.05) is 13.1 Å². The second-order valence-electron chi connectivity index (χ2n) is 5.30. The second kappa shape index (κ2) is 7.03. The molecule has 3 nitrogen and oxygen atoms in total. The van der Waals surface area contributed by atoms with Gasteiger partial charge in [0.25, 0.3) is 0 Å². The summed E-state index contributed by atoms with van der Waals surface area (Å²) in [5, 5.41) is 4.11. The van der Waals surface area contributed by atoms with E-state index in [2.05, 4.69) is 10.3 Å². The third-order valence-corrected chi connectivity index (χ3v) is 4.05. The zero-order valence-corrected chi connectivity index (χ0v) is 12.6. The molecule has 1 N–H and O–H groups in total. The van der Waals surface area contributed by atoms with Gasteiger partial charge in [0.15, 0.2) is 0 Å². The van der Waals surface area contributed by atoms with Crippen LogP contribution in [0, 0.1) is 0 Å². The molecule has 3 rings (SSSR count). The van der Waals surface area contributed by atoms with E-state index in [9.17, 15) is 0 Å². The van der Waals surface area contributed by atoms with Crippen molar-refractivity contribution in [2.24, 2.45) is 0 Å². The fourth-order valence-corrected chi connectivity index (χ4v) is 2.78. The van der Waals surface area contributed by atoms with Gasteiger partial charge >= 0.3 is 0 Å². The maximum absolute atomic E-state index is 6.39. The molecular formula is C17H19ClN2O. The molecule has 0 aliphatic carbocycles. The molecule has 2 aromatic rings. The first-order chi connectivity index (χ1) is 10.3. The lowest BCUT2D eigenvalue weighted by Crippen LogP contribution is -2.33. The van der Waals surface area contributed by atoms with Gasteiger partial charge in [0.05, 0.1) is 6.10 Å². The first-order valence-corrected chi connectivity index (χ1v) is 7.72. The normalized spacial score (nSPS) is 17.6. The number of hydrogen-bond acceptors (Lipinski definition) is 3. The van der Waals surface area contributed by atoms with Crippen LogP contribution >= 0.6 is 11.6 Å². The Morgan fingerprint density at radius 1 is 1.00 bits per heavy atom. The van der Waals surface area contributed by atoms with Crippen molar-refractivity contribution in [1.82, 2.24) is 10.3 Å². The molecule has 1 unspecified atom stereocenters. The van der Waals surface area contributed by atoms with Gasteiger partial charge in [-0.25, -0.2) is 0 Å². The van der Waals surface area contributed by atoms with E-state index >= 15 is 0 Å². The minimum atomic E-state index is -0.0617. The molecule has 110 valence electrons. The van der Waals surface area contributed by atoms with E-state index in [0.717, 1.165) is 42.1 Å². The molecule has 1 saturated heterocycles. The van der Waals surface area contributed by atoms with Gasteiger partial charge < -0.3 is 10.1 Å². The monoisotopic (exact) mass is 302 g/mol. The quantitative estimate of drug-likeness (QED) is 0.937. The molecular weight excluding hydrogens is 284 g/mol. The number of rotatable bonds is 4. The number of benzene rings is 1. The number of nitrogens with zero attached hydrogens (tertiary/aromatic N) is 1. The maximum Gasteiger partial charge on any atom is 0.108 e. The second-order valence-corrected chi connectivity index (χ2v) is 5.73. The molecule has 4 heteroatoms. The summed E-state index contributed by atoms with van der Waals surface area (Å²) < 4.78 is 6.39. The summed E-state index contributed by atoms with van der Waals surface area (Å²) in [7, 11) is 0. The number of ether oxygens (including phenoxy) is 1. The molecule has 0 amide bonds. The van der Waals surface area contributed by atoms with E-state index in [-0.39, 0.29) is 6.10 Å². The van der Waals surface area contributed by atoms with Crippen LogP contribution < -0.4 is 5.32 Å². The third kappa shape index (κ3) is 3.82. The Bertz CT molecular complexity index is 553. The third-order valence-electron chi connectivity index (χ3n) is 3.80. The number of piperidine rings is 1. The molecule has 1 aliphatic heterocycles. The van der Waals surface area contributed by atoms with Crippen molar-refractivity contribution in [3.8, 4) is 0 Å². The topological polar surface area (TPSA) is 34.1 Å². The molecule has 1 fully saturated rings. The van der Waals surface area contributed by atoms with Crippen LogP contribution in [-0.2, 0) is 4.74 Å². The zero-order chi connectivity index (χ0) is 14.5. The van der Waals surface area contributed by atoms with Crippen LogP contribution in [-0.4, -0.2) is 24.2 Å². The Morgan fingerprint density at radius 2 is 1.62 bits per heavy atom. The van der Waals surface area contributed by atoms with Gasteiger partial charge in [-0.2, -0.15) is 0 Å². The standard InChI is InChI=1S/C17H19ClN2O/c18-15-3-1-13(2-4-15)17(14-5-9-19-10-6-14)21-16-7-11-20-12-8-16/h1-6,9-10,16-17,20H,7-8,11-12H2. The van der Waals surface area contributed by atoms with E-state index in [0.29, 0.717) is 6.10 Å². The highest BCUT2D eigenvalue weighted by atomic mass is 35.5. The predicted molar refractivity (Wildman–Crippen MR) is 84.5 cm³/mol. The molecule has 1 aliphatic rings. The van der Waals surface area contributed by atoms with Gasteiger partial charge in [-0.1, -0.05) is 23.7 Å². The number of nitrogens with one attached hydrogen (secondary N) is 1. The molecule has 0 spiro atoms. The van der Waals surface area contributed by atoms with Gasteiger partial charge in [0.1, 0.15) is 6.10 Å². The van der Waals surface area contributed by atoms with Crippen LogP contribution in [0.3, 0.4) is 0 Å². The molecule has 1 aromatic carbocycles. The number of halogens is 1. The summed E-state index contributed by atoms with van der Waals surface area (Å²) in [6.07, 6.45) is 5.95. The summed E-state index contributed by atoms with van der Waals surface area (Å²) in [5.74, 6) is 0. The van der Waals surface area contributed by atoms with Crippen LogP contribution in [0.4, 0.5) is 0 Å². The van der Waals surface area contributed by atoms with Crippen LogP contribution in [0.15, 0.2) is 48.8 Å². The van der Waals surface area contributed by atoms with E-state index in [4.69, 9.17) is 16.3 Å². The predicted octanol–water partition coefficient (Wildman–Crippen LogP) is 3.59. The highest BCUT2D eigenvalue weighted by Gasteiger charge is 2.21. The Balaban J connectivity index is 1.85. The van der Waals surface area contributed by atoms with Crippen LogP contribution in [0.5, 0.6) is 0 Å². The van der Waals surface area contributed by atoms with Crippen LogP contribution in [0.2, 0.25) is 5.02 Å². The maximum atomic E-state index is 6.39. The Labute approximate surface area is 130 Å². The summed E-state index contributed by atoms with van der Waals surface area (Å²) >= 11 is 6.00. The number of pyridine rings is 1. The summed E-state index contributed by atoms with van der Waals surface area (Å²) in [6.45, 7) is 2.04. The number of aromatic nitrogens is 1. The number of hydrogen-bond donors (Lipinski definition) is 1. The lowest BCUT2D eigenvalue weighted by atomic mass is 10.0. The van der Waals surface area contributed by atoms with E-state index in [1.165, 1.54) is 0 Å². The zero-order valence-electron chi connectivity index (χ0n) is 11.8. The average molecular weight is 303 g/mol. The fraction of sp³-hybridized carbons (Fsp3) is 0.353. The van der Waals surface area contributed by atoms with E-state index in [1.54, 1.807) is 0 Å². The van der Waals surface area contributed by atoms with Gasteiger partial charge in [-0.05, 0) is 61.3 Å². The van der Waals surface area contributed by atoms with E-state index < -0.39 is 0 Å². The molecule has 0 bridgehead atoms. The first-order valence-electron chi connectivity index (χ1n) is 7.34. The molecule has 2 heterocycles. The highest BCUT2D eigenvalue weighted by Crippen LogP contribution is 2.29. The lowest BCUT2D eigenvalue weighted by molar-refractivity contribution is -0.00808. The van der Waals surface area contributed by atoms with Crippen LogP contribution in [0.1, 0.15) is 30.1 Å². The van der Waals surface area contributed by atoms with Crippen molar-refractivity contribution in [3.63, 3.8) is 0 Å². The average Bonchev–Trinajstić information content (AvgIpc) is 2.55. The largest absolute Gasteiger partial charge is 0.365 e. The lowest BCUT2D eigenvalue weighted by Gasteiger charge is -2.28. The van der Waals surface area contributed by atoms with E-state index in [1.807, 2.05) is 48.8 Å². The van der Waals surface area contributed by atoms with Crippen molar-refractivity contribution in [1.29, 1.82) is 0 Å². The Kier molecular flexibility index (Phi) is 4.86. The van der Waals surface area contributed by atoms with Gasteiger partial charge in [0, 0.05) is 17.4 Å². The molecule has 0 radical (unpaired) electrons. The van der Waals surface area contributed by atoms with Gasteiger partial charge in [-0.3, -0.25) is 4.98 Å². The molecule has 21 heavy (non-hydrogen) atoms. The fourth-order valence-electron chi connectivity index (χ4n) is 2.65. The van der Waals surface area contributed by atoms with Gasteiger partial charge in [0.2, 0.25) is 0 Å². The van der Waals surface area contributed by atoms with Crippen molar-refractivity contribution < 1.29 is 4.74 Å². The van der Waals surface area contributed by atoms with Crippen molar-refractivity contribution in [3.05, 3.63) is 64.9 Å². The summed E-state index contributed by atoms with van der Waals surface area (Å²) in [6, 6.07) is 11.9. The Hall–Kier alpha value is -1.42. The SMILES string of the molecule is Clc1ccc(C(OC2CCNCC2)c2ccncc2)cc1. The highest BCUT2D eigenvalue weighted by molar-refractivity contribution is 6.30. The smallest absolute Gasteiger partial charge is 0.108 e. The summed E-state index contributed by atoms with van der Waals surface area (Å²) in [5.41, 5.74) is 2.26. The first kappa shape index (κ1) is 14.5. The minimum Gasteiger partial charge on any atom is -0.365 e. The molecule has 0 saturated carbocycles. The summed E-state index contributed by atoms with van der Waals surface area (Å²) in [4.78, 5) is 4.10. The Morgan fingerprint density at radius 3 is 2.29 bits per heavy atom. The van der Waals surface area contributed by atoms with Crippen molar-refractivity contribution >= 4 is 11.6 Å². The van der Waals surface area contributed by atoms with Crippen LogP contribution in [0.25, 0.3) is 0 Å². The molecule has 1 atom stereocenters. The molecule has 1 aromatic heterocycles.